The Morgan fingerprint density at radius 3 is 2.79 bits per heavy atom. The first-order valence-electron chi connectivity index (χ1n) is 5.74. The molecule has 1 saturated heterocycles. The Bertz CT molecular complexity index is 163. The average Bonchev–Trinajstić information content (AvgIpc) is 2.19. The van der Waals surface area contributed by atoms with Crippen LogP contribution in [0.4, 0.5) is 0 Å². The van der Waals surface area contributed by atoms with E-state index < -0.39 is 0 Å². The van der Waals surface area contributed by atoms with E-state index in [9.17, 15) is 0 Å². The molecule has 1 rings (SSSR count). The zero-order valence-corrected chi connectivity index (χ0v) is 9.45. The van der Waals surface area contributed by atoms with Crippen LogP contribution in [0.2, 0.25) is 0 Å². The minimum absolute atomic E-state index is 0.0422. The molecule has 0 aliphatic carbocycles. The van der Waals surface area contributed by atoms with Gasteiger partial charge < -0.3 is 15.7 Å². The van der Waals surface area contributed by atoms with E-state index in [0.29, 0.717) is 6.04 Å². The predicted octanol–water partition coefficient (Wildman–Crippen LogP) is 0.817. The van der Waals surface area contributed by atoms with Crippen LogP contribution in [0, 0.1) is 5.92 Å². The van der Waals surface area contributed by atoms with Gasteiger partial charge in [-0.25, -0.2) is 0 Å². The molecule has 84 valence electrons. The van der Waals surface area contributed by atoms with E-state index in [0.717, 1.165) is 18.9 Å². The van der Waals surface area contributed by atoms with Crippen LogP contribution in [0.5, 0.6) is 0 Å². The summed E-state index contributed by atoms with van der Waals surface area (Å²) < 4.78 is 0. The average molecular weight is 200 g/mol. The molecule has 1 fully saturated rings. The number of likely N-dealkylation sites (tertiary alicyclic amines) is 1. The quantitative estimate of drug-likeness (QED) is 0.706. The van der Waals surface area contributed by atoms with Crippen LogP contribution in [0.3, 0.4) is 0 Å². The van der Waals surface area contributed by atoms with Crippen LogP contribution < -0.4 is 5.73 Å². The van der Waals surface area contributed by atoms with Gasteiger partial charge in [0.2, 0.25) is 0 Å². The van der Waals surface area contributed by atoms with Crippen molar-refractivity contribution in [1.29, 1.82) is 0 Å². The standard InChI is InChI=1S/C11H24N2O/c1-9-3-4-10(2)13(7-9)6-5-11(12)8-14/h9-11,14H,3-8,12H2,1-2H3. The molecule has 0 aromatic carbocycles. The number of hydrogen-bond acceptors (Lipinski definition) is 3. The smallest absolute Gasteiger partial charge is 0.0583 e. The van der Waals surface area contributed by atoms with Crippen molar-refractivity contribution in [2.75, 3.05) is 19.7 Å². The SMILES string of the molecule is CC1CCC(C)N(CCC(N)CO)C1. The Balaban J connectivity index is 2.27. The first kappa shape index (κ1) is 12.0. The fourth-order valence-corrected chi connectivity index (χ4v) is 2.11. The van der Waals surface area contributed by atoms with Gasteiger partial charge >= 0.3 is 0 Å². The normalized spacial score (nSPS) is 31.7. The van der Waals surface area contributed by atoms with Crippen molar-refractivity contribution in [3.05, 3.63) is 0 Å². The van der Waals surface area contributed by atoms with E-state index in [1.165, 1.54) is 19.4 Å². The molecule has 14 heavy (non-hydrogen) atoms. The molecule has 0 amide bonds. The number of aliphatic hydroxyl groups is 1. The summed E-state index contributed by atoms with van der Waals surface area (Å²) in [6.07, 6.45) is 3.56. The van der Waals surface area contributed by atoms with Crippen molar-refractivity contribution in [2.24, 2.45) is 11.7 Å². The highest BCUT2D eigenvalue weighted by Crippen LogP contribution is 2.21. The van der Waals surface area contributed by atoms with Crippen LogP contribution in [-0.4, -0.2) is 41.8 Å². The van der Waals surface area contributed by atoms with Gasteiger partial charge in [-0.2, -0.15) is 0 Å². The summed E-state index contributed by atoms with van der Waals surface area (Å²) in [5.74, 6) is 0.816. The summed E-state index contributed by atoms with van der Waals surface area (Å²) in [6, 6.07) is 0.650. The van der Waals surface area contributed by atoms with Crippen molar-refractivity contribution >= 4 is 0 Å². The molecule has 0 spiro atoms. The van der Waals surface area contributed by atoms with Gasteiger partial charge in [0, 0.05) is 18.6 Å². The molecule has 3 atom stereocenters. The van der Waals surface area contributed by atoms with E-state index in [1.54, 1.807) is 0 Å². The third-order valence-electron chi connectivity index (χ3n) is 3.27. The van der Waals surface area contributed by atoms with Gasteiger partial charge in [-0.15, -0.1) is 0 Å². The van der Waals surface area contributed by atoms with Gasteiger partial charge in [0.15, 0.2) is 0 Å². The van der Waals surface area contributed by atoms with Crippen LogP contribution >= 0.6 is 0 Å². The first-order valence-corrected chi connectivity index (χ1v) is 5.74. The molecule has 0 aromatic heterocycles. The summed E-state index contributed by atoms with van der Waals surface area (Å²) in [6.45, 7) is 6.94. The molecule has 0 saturated carbocycles. The summed E-state index contributed by atoms with van der Waals surface area (Å²) >= 11 is 0. The molecule has 0 aromatic rings. The van der Waals surface area contributed by atoms with E-state index in [2.05, 4.69) is 18.7 Å². The molecule has 3 nitrogen and oxygen atoms in total. The molecule has 3 unspecified atom stereocenters. The Kier molecular flexibility index (Phi) is 4.85. The van der Waals surface area contributed by atoms with Gasteiger partial charge in [-0.05, 0) is 38.6 Å². The Hall–Kier alpha value is -0.120. The van der Waals surface area contributed by atoms with E-state index in [1.807, 2.05) is 0 Å². The maximum absolute atomic E-state index is 8.84. The minimum atomic E-state index is -0.0422. The molecule has 1 heterocycles. The zero-order chi connectivity index (χ0) is 10.6. The molecular weight excluding hydrogens is 176 g/mol. The van der Waals surface area contributed by atoms with Gasteiger partial charge in [0.1, 0.15) is 0 Å². The Morgan fingerprint density at radius 2 is 2.14 bits per heavy atom. The summed E-state index contributed by atoms with van der Waals surface area (Å²) in [5, 5.41) is 8.84. The van der Waals surface area contributed by atoms with Crippen molar-refractivity contribution in [2.45, 2.75) is 45.2 Å². The summed E-state index contributed by atoms with van der Waals surface area (Å²) in [5.41, 5.74) is 5.69. The highest BCUT2D eigenvalue weighted by Gasteiger charge is 2.22. The maximum atomic E-state index is 8.84. The lowest BCUT2D eigenvalue weighted by Gasteiger charge is -2.37. The Morgan fingerprint density at radius 1 is 1.43 bits per heavy atom. The number of nitrogens with zero attached hydrogens (tertiary/aromatic N) is 1. The van der Waals surface area contributed by atoms with Crippen molar-refractivity contribution in [3.63, 3.8) is 0 Å². The molecule has 1 aliphatic heterocycles. The highest BCUT2D eigenvalue weighted by molar-refractivity contribution is 4.77. The lowest BCUT2D eigenvalue weighted by molar-refractivity contribution is 0.117. The second-order valence-corrected chi connectivity index (χ2v) is 4.76. The lowest BCUT2D eigenvalue weighted by Crippen LogP contribution is -2.43. The molecule has 0 radical (unpaired) electrons. The summed E-state index contributed by atoms with van der Waals surface area (Å²) in [7, 11) is 0. The van der Waals surface area contributed by atoms with Gasteiger partial charge in [-0.1, -0.05) is 6.92 Å². The fourth-order valence-electron chi connectivity index (χ4n) is 2.11. The summed E-state index contributed by atoms with van der Waals surface area (Å²) in [4.78, 5) is 2.50. The maximum Gasteiger partial charge on any atom is 0.0583 e. The zero-order valence-electron chi connectivity index (χ0n) is 9.45. The van der Waals surface area contributed by atoms with E-state index >= 15 is 0 Å². The number of hydrogen-bond donors (Lipinski definition) is 2. The Labute approximate surface area is 87.3 Å². The second kappa shape index (κ2) is 5.69. The van der Waals surface area contributed by atoms with Crippen LogP contribution in [0.1, 0.15) is 33.1 Å². The molecule has 1 aliphatic rings. The van der Waals surface area contributed by atoms with Crippen LogP contribution in [-0.2, 0) is 0 Å². The minimum Gasteiger partial charge on any atom is -0.395 e. The molecule has 3 heteroatoms. The number of aliphatic hydroxyl groups excluding tert-OH is 1. The predicted molar refractivity (Wildman–Crippen MR) is 59.1 cm³/mol. The lowest BCUT2D eigenvalue weighted by atomic mass is 9.95. The van der Waals surface area contributed by atoms with E-state index in [-0.39, 0.29) is 12.6 Å². The van der Waals surface area contributed by atoms with Crippen molar-refractivity contribution in [3.8, 4) is 0 Å². The van der Waals surface area contributed by atoms with E-state index in [4.69, 9.17) is 10.8 Å². The third kappa shape index (κ3) is 3.56. The van der Waals surface area contributed by atoms with Gasteiger partial charge in [-0.3, -0.25) is 0 Å². The van der Waals surface area contributed by atoms with Crippen molar-refractivity contribution in [1.82, 2.24) is 4.90 Å². The second-order valence-electron chi connectivity index (χ2n) is 4.76. The third-order valence-corrected chi connectivity index (χ3v) is 3.27. The monoisotopic (exact) mass is 200 g/mol. The fraction of sp³-hybridized carbons (Fsp3) is 1.00. The number of nitrogens with two attached hydrogens (primary N) is 1. The molecule has 0 bridgehead atoms. The van der Waals surface area contributed by atoms with Crippen molar-refractivity contribution < 1.29 is 5.11 Å². The van der Waals surface area contributed by atoms with Crippen LogP contribution in [0.15, 0.2) is 0 Å². The van der Waals surface area contributed by atoms with Gasteiger partial charge in [0.25, 0.3) is 0 Å². The largest absolute Gasteiger partial charge is 0.395 e. The molecule has 3 N–H and O–H groups in total. The van der Waals surface area contributed by atoms with Gasteiger partial charge in [0.05, 0.1) is 6.61 Å². The first-order chi connectivity index (χ1) is 6.63. The highest BCUT2D eigenvalue weighted by atomic mass is 16.3. The number of piperidine rings is 1. The number of rotatable bonds is 4. The topological polar surface area (TPSA) is 49.5 Å². The molecular formula is C11H24N2O. The van der Waals surface area contributed by atoms with Crippen LogP contribution in [0.25, 0.3) is 0 Å².